The van der Waals surface area contributed by atoms with Gasteiger partial charge in [0.25, 0.3) is 0 Å². The highest BCUT2D eigenvalue weighted by Gasteiger charge is 2.28. The maximum Gasteiger partial charge on any atom is 0.120 e. The molecule has 2 unspecified atom stereocenters. The van der Waals surface area contributed by atoms with Crippen molar-refractivity contribution in [3.8, 4) is 0 Å². The summed E-state index contributed by atoms with van der Waals surface area (Å²) < 4.78 is 0. The Labute approximate surface area is 103 Å². The van der Waals surface area contributed by atoms with E-state index in [9.17, 15) is 5.11 Å². The lowest BCUT2D eigenvalue weighted by Gasteiger charge is -2.36. The molecule has 5 N–H and O–H groups in total. The fraction of sp³-hybridized carbons (Fsp3) is 0.500. The second-order valence-corrected chi connectivity index (χ2v) is 4.19. The molecule has 0 saturated carbocycles. The van der Waals surface area contributed by atoms with Crippen LogP contribution in [0.2, 0.25) is 0 Å². The van der Waals surface area contributed by atoms with Crippen LogP contribution in [0.1, 0.15) is 14.8 Å². The lowest BCUT2D eigenvalue weighted by atomic mass is 9.89. The molecule has 1 aliphatic heterocycles. The van der Waals surface area contributed by atoms with Crippen LogP contribution in [-0.2, 0) is 0 Å². The van der Waals surface area contributed by atoms with Crippen molar-refractivity contribution < 1.29 is 6.53 Å². The number of hydrogen-bond donors (Lipinski definition) is 4. The third-order valence-corrected chi connectivity index (χ3v) is 2.92. The molecule has 1 aliphatic rings. The van der Waals surface area contributed by atoms with Gasteiger partial charge in [0.15, 0.2) is 0 Å². The van der Waals surface area contributed by atoms with E-state index in [4.69, 9.17) is 16.6 Å². The van der Waals surface area contributed by atoms with E-state index < -0.39 is 6.10 Å². The number of nitrogens with two attached hydrogens (primary N) is 1. The highest BCUT2D eigenvalue weighted by atomic mass is 16.3. The van der Waals surface area contributed by atoms with E-state index >= 15 is 0 Å². The highest BCUT2D eigenvalue weighted by molar-refractivity contribution is 5.90. The van der Waals surface area contributed by atoms with E-state index in [1.54, 1.807) is 12.2 Å². The van der Waals surface area contributed by atoms with Crippen LogP contribution in [0, 0.1) is 16.7 Å². The van der Waals surface area contributed by atoms with Gasteiger partial charge in [-0.25, -0.2) is 0 Å². The third kappa shape index (κ3) is 3.42. The number of allylic oxidation sites excluding steroid dienone is 1. The van der Waals surface area contributed by atoms with E-state index in [0.29, 0.717) is 30.9 Å². The minimum absolute atomic E-state index is 0. The maximum atomic E-state index is 9.80. The van der Waals surface area contributed by atoms with Gasteiger partial charge < -0.3 is 21.1 Å². The van der Waals surface area contributed by atoms with E-state index in [0.717, 1.165) is 0 Å². The quantitative estimate of drug-likeness (QED) is 0.435. The molecule has 0 aromatic rings. The van der Waals surface area contributed by atoms with Gasteiger partial charge in [-0.2, -0.15) is 0 Å². The van der Waals surface area contributed by atoms with Crippen molar-refractivity contribution in [1.29, 1.82) is 10.8 Å². The molecule has 5 heteroatoms. The predicted octanol–water partition coefficient (Wildman–Crippen LogP) is 0.961. The molecular weight excluding hydrogens is 216 g/mol. The topological polar surface area (TPSA) is 97.2 Å². The Morgan fingerprint density at radius 1 is 1.53 bits per heavy atom. The van der Waals surface area contributed by atoms with Crippen LogP contribution < -0.4 is 5.73 Å². The van der Waals surface area contributed by atoms with Crippen molar-refractivity contribution in [2.45, 2.75) is 19.4 Å². The van der Waals surface area contributed by atoms with Gasteiger partial charge >= 0.3 is 0 Å². The first kappa shape index (κ1) is 13.4. The molecule has 0 amide bonds. The standard InChI is InChI=1S/C12H20N4O.H2/c1-2-3-12(15)16-7-9(4-11(17)8-16)10(5-13)6-14;/h2-3,5-6,9,11,13,15,17H,4,7-8,14H2,1H3;1H/b3-2-,10-6+,13-5?,15-12?;. The lowest BCUT2D eigenvalue weighted by molar-refractivity contribution is 0.0828. The summed E-state index contributed by atoms with van der Waals surface area (Å²) in [7, 11) is 0. The van der Waals surface area contributed by atoms with Gasteiger partial charge in [-0.3, -0.25) is 5.41 Å². The smallest absolute Gasteiger partial charge is 0.120 e. The zero-order chi connectivity index (χ0) is 12.8. The number of hydrogen-bond acceptors (Lipinski definition) is 4. The summed E-state index contributed by atoms with van der Waals surface area (Å²) in [6.45, 7) is 2.95. The molecule has 1 heterocycles. The van der Waals surface area contributed by atoms with Gasteiger partial charge in [0.2, 0.25) is 0 Å². The number of likely N-dealkylation sites (tertiary alicyclic amines) is 1. The van der Waals surface area contributed by atoms with Crippen molar-refractivity contribution in [2.75, 3.05) is 13.1 Å². The SMILES string of the molecule is C/C=C\C(=N)N1CC(O)CC(/C(C=N)=C/N)C1.[HH]. The highest BCUT2D eigenvalue weighted by Crippen LogP contribution is 2.22. The number of aliphatic hydroxyl groups is 1. The van der Waals surface area contributed by atoms with Crippen molar-refractivity contribution >= 4 is 12.1 Å². The van der Waals surface area contributed by atoms with Crippen LogP contribution in [-0.4, -0.2) is 41.3 Å². The van der Waals surface area contributed by atoms with Gasteiger partial charge in [0.05, 0.1) is 6.10 Å². The molecule has 1 fully saturated rings. The molecular formula is C12H22N4O. The summed E-state index contributed by atoms with van der Waals surface area (Å²) in [4.78, 5) is 1.81. The van der Waals surface area contributed by atoms with E-state index in [1.165, 1.54) is 12.4 Å². The molecule has 17 heavy (non-hydrogen) atoms. The number of nitrogens with zero attached hydrogens (tertiary/aromatic N) is 1. The molecule has 5 nitrogen and oxygen atoms in total. The average Bonchev–Trinajstić information content (AvgIpc) is 2.30. The number of piperidine rings is 1. The number of rotatable bonds is 3. The Morgan fingerprint density at radius 3 is 2.76 bits per heavy atom. The summed E-state index contributed by atoms with van der Waals surface area (Å²) in [5.41, 5.74) is 6.17. The van der Waals surface area contributed by atoms with E-state index in [-0.39, 0.29) is 7.34 Å². The number of β-amino-alcohol motifs (C(OH)–C–C–N with tert-alkyl or cyclic N) is 1. The van der Waals surface area contributed by atoms with E-state index in [1.807, 2.05) is 11.8 Å². The molecule has 0 aromatic heterocycles. The molecule has 0 radical (unpaired) electrons. The molecule has 1 saturated heterocycles. The minimum atomic E-state index is -0.478. The van der Waals surface area contributed by atoms with Gasteiger partial charge in [-0.1, -0.05) is 6.08 Å². The molecule has 0 bridgehead atoms. The van der Waals surface area contributed by atoms with Crippen LogP contribution >= 0.6 is 0 Å². The summed E-state index contributed by atoms with van der Waals surface area (Å²) in [6, 6.07) is 0. The van der Waals surface area contributed by atoms with Crippen molar-refractivity contribution in [2.24, 2.45) is 11.7 Å². The minimum Gasteiger partial charge on any atom is -0.404 e. The molecule has 0 spiro atoms. The summed E-state index contributed by atoms with van der Waals surface area (Å²) >= 11 is 0. The first-order valence-corrected chi connectivity index (χ1v) is 5.68. The van der Waals surface area contributed by atoms with Crippen LogP contribution in [0.4, 0.5) is 0 Å². The fourth-order valence-corrected chi connectivity index (χ4v) is 2.08. The van der Waals surface area contributed by atoms with Gasteiger partial charge in [0, 0.05) is 26.6 Å². The van der Waals surface area contributed by atoms with Crippen molar-refractivity contribution in [1.82, 2.24) is 4.90 Å². The second kappa shape index (κ2) is 6.20. The van der Waals surface area contributed by atoms with Crippen LogP contribution in [0.15, 0.2) is 23.9 Å². The largest absolute Gasteiger partial charge is 0.404 e. The molecule has 0 aliphatic carbocycles. The molecule has 1 rings (SSSR count). The summed E-state index contributed by atoms with van der Waals surface area (Å²) in [5.74, 6) is 0.407. The Bertz CT molecular complexity index is 354. The summed E-state index contributed by atoms with van der Waals surface area (Å²) in [6.07, 6.45) is 6.25. The zero-order valence-electron chi connectivity index (χ0n) is 10.1. The fourth-order valence-electron chi connectivity index (χ4n) is 2.08. The number of aliphatic hydroxyl groups excluding tert-OH is 1. The number of amidine groups is 1. The third-order valence-electron chi connectivity index (χ3n) is 2.92. The van der Waals surface area contributed by atoms with Gasteiger partial charge in [-0.15, -0.1) is 0 Å². The molecule has 0 aromatic carbocycles. The van der Waals surface area contributed by atoms with Gasteiger partial charge in [-0.05, 0) is 31.2 Å². The van der Waals surface area contributed by atoms with Crippen LogP contribution in [0.25, 0.3) is 0 Å². The maximum absolute atomic E-state index is 9.80. The average molecular weight is 238 g/mol. The lowest BCUT2D eigenvalue weighted by Crippen LogP contribution is -2.46. The van der Waals surface area contributed by atoms with Gasteiger partial charge in [0.1, 0.15) is 5.84 Å². The van der Waals surface area contributed by atoms with Crippen molar-refractivity contribution in [3.05, 3.63) is 23.9 Å². The zero-order valence-corrected chi connectivity index (χ0v) is 10.1. The Balaban J connectivity index is 0.00000289. The molecule has 96 valence electrons. The predicted molar refractivity (Wildman–Crippen MR) is 71.4 cm³/mol. The summed E-state index contributed by atoms with van der Waals surface area (Å²) in [5, 5.41) is 24.9. The molecule has 2 atom stereocenters. The van der Waals surface area contributed by atoms with Crippen LogP contribution in [0.5, 0.6) is 0 Å². The monoisotopic (exact) mass is 238 g/mol. The normalized spacial score (nSPS) is 26.2. The first-order chi connectivity index (χ1) is 8.12. The second-order valence-electron chi connectivity index (χ2n) is 4.19. The Kier molecular flexibility index (Phi) is 4.90. The van der Waals surface area contributed by atoms with Crippen LogP contribution in [0.3, 0.4) is 0 Å². The first-order valence-electron chi connectivity index (χ1n) is 5.68. The Morgan fingerprint density at radius 2 is 2.24 bits per heavy atom. The Hall–Kier alpha value is -1.62. The van der Waals surface area contributed by atoms with E-state index in [2.05, 4.69) is 0 Å². The number of nitrogens with one attached hydrogen (secondary N) is 2. The van der Waals surface area contributed by atoms with Crippen molar-refractivity contribution in [3.63, 3.8) is 0 Å².